The van der Waals surface area contributed by atoms with Crippen LogP contribution in [-0.4, -0.2) is 59.6 Å². The second-order valence-corrected chi connectivity index (χ2v) is 10.3. The number of piperazine rings is 1. The number of ether oxygens (including phenoxy) is 1. The highest BCUT2D eigenvalue weighted by Crippen LogP contribution is 2.26. The van der Waals surface area contributed by atoms with Crippen LogP contribution in [0.15, 0.2) is 59.4 Å². The van der Waals surface area contributed by atoms with Crippen molar-refractivity contribution in [1.82, 2.24) is 14.4 Å². The molecule has 0 spiro atoms. The number of pyridine rings is 1. The fourth-order valence-electron chi connectivity index (χ4n) is 6.00. The number of methoxy groups -OCH3 is 1. The lowest BCUT2D eigenvalue weighted by Gasteiger charge is -2.41. The molecule has 2 aliphatic rings. The summed E-state index contributed by atoms with van der Waals surface area (Å²) in [6, 6.07) is 18.8. The van der Waals surface area contributed by atoms with Crippen molar-refractivity contribution in [3.63, 3.8) is 0 Å². The fourth-order valence-corrected chi connectivity index (χ4v) is 6.00. The summed E-state index contributed by atoms with van der Waals surface area (Å²) in [5.74, 6) is 0.683. The van der Waals surface area contributed by atoms with Gasteiger partial charge < -0.3 is 14.2 Å². The van der Waals surface area contributed by atoms with E-state index in [2.05, 4.69) is 33.7 Å². The molecule has 1 fully saturated rings. The normalized spacial score (nSPS) is 17.9. The molecule has 1 saturated heterocycles. The number of amides is 1. The van der Waals surface area contributed by atoms with Gasteiger partial charge in [-0.15, -0.1) is 0 Å². The molecule has 1 aromatic heterocycles. The van der Waals surface area contributed by atoms with Crippen LogP contribution >= 0.6 is 0 Å². The number of benzene rings is 2. The van der Waals surface area contributed by atoms with Crippen LogP contribution in [0.4, 0.5) is 0 Å². The Bertz CT molecular complexity index is 1320. The number of nitrogens with zero attached hydrogens (tertiary/aromatic N) is 3. The van der Waals surface area contributed by atoms with Crippen molar-refractivity contribution in [2.75, 3.05) is 33.3 Å². The number of fused-ring (bicyclic) bond motifs is 1. The van der Waals surface area contributed by atoms with Gasteiger partial charge in [0.1, 0.15) is 11.3 Å². The summed E-state index contributed by atoms with van der Waals surface area (Å²) >= 11 is 0. The Morgan fingerprint density at radius 1 is 1.00 bits per heavy atom. The highest BCUT2D eigenvalue weighted by molar-refractivity contribution is 5.95. The molecule has 1 aliphatic carbocycles. The summed E-state index contributed by atoms with van der Waals surface area (Å²) < 4.78 is 7.40. The van der Waals surface area contributed by atoms with E-state index in [4.69, 9.17) is 4.74 Å². The Morgan fingerprint density at radius 2 is 1.70 bits per heavy atom. The van der Waals surface area contributed by atoms with Crippen LogP contribution in [0.3, 0.4) is 0 Å². The predicted octanol–water partition coefficient (Wildman–Crippen LogP) is 4.09. The van der Waals surface area contributed by atoms with Gasteiger partial charge in [-0.2, -0.15) is 0 Å². The fraction of sp³-hybridized carbons (Fsp3) is 0.419. The summed E-state index contributed by atoms with van der Waals surface area (Å²) in [4.78, 5) is 31.3. The molecule has 2 aromatic carbocycles. The Labute approximate surface area is 219 Å². The molecule has 1 amide bonds. The van der Waals surface area contributed by atoms with Gasteiger partial charge in [-0.05, 0) is 61.4 Å². The second-order valence-electron chi connectivity index (χ2n) is 10.3. The van der Waals surface area contributed by atoms with E-state index in [9.17, 15) is 9.59 Å². The summed E-state index contributed by atoms with van der Waals surface area (Å²) in [6.07, 6.45) is 3.99. The number of hydrogen-bond acceptors (Lipinski definition) is 4. The summed E-state index contributed by atoms with van der Waals surface area (Å²) in [7, 11) is 1.65. The van der Waals surface area contributed by atoms with Gasteiger partial charge in [0.15, 0.2) is 5.43 Å². The van der Waals surface area contributed by atoms with Crippen LogP contribution in [0.2, 0.25) is 0 Å². The van der Waals surface area contributed by atoms with E-state index in [1.807, 2.05) is 43.0 Å². The van der Waals surface area contributed by atoms with E-state index >= 15 is 0 Å². The van der Waals surface area contributed by atoms with Crippen molar-refractivity contribution in [2.24, 2.45) is 0 Å². The first-order chi connectivity index (χ1) is 18.0. The lowest BCUT2D eigenvalue weighted by atomic mass is 9.87. The minimum atomic E-state index is -0.170. The number of rotatable bonds is 6. The van der Waals surface area contributed by atoms with Gasteiger partial charge in [0.2, 0.25) is 0 Å². The van der Waals surface area contributed by atoms with E-state index in [0.29, 0.717) is 37.7 Å². The van der Waals surface area contributed by atoms with Crippen LogP contribution in [-0.2, 0) is 25.8 Å². The smallest absolute Gasteiger partial charge is 0.259 e. The minimum absolute atomic E-state index is 0.126. The molecular formula is C31H37N3O3. The lowest BCUT2D eigenvalue weighted by Crippen LogP contribution is -2.53. The standard InChI is InChI=1S/C31H37N3O3/c1-4-28-30(29(35)19-22(2)34(28)21-23-9-13-27(37-3)14-10-23)31(36)33-17-15-32(16-18-33)26-12-11-24-7-5-6-8-25(24)20-26/h5-10,13-14,19,26H,4,11-12,15-18,20-21H2,1-3H3/t26-/m1/s1. The number of carbonyl (C=O) groups is 1. The lowest BCUT2D eigenvalue weighted by molar-refractivity contribution is 0.0550. The molecule has 1 aliphatic heterocycles. The molecule has 0 N–H and O–H groups in total. The highest BCUT2D eigenvalue weighted by atomic mass is 16.5. The number of hydrogen-bond donors (Lipinski definition) is 0. The molecule has 6 heteroatoms. The van der Waals surface area contributed by atoms with E-state index in [1.54, 1.807) is 13.2 Å². The molecule has 3 aromatic rings. The average molecular weight is 500 g/mol. The zero-order valence-electron chi connectivity index (χ0n) is 22.2. The molecular weight excluding hydrogens is 462 g/mol. The maximum Gasteiger partial charge on any atom is 0.259 e. The van der Waals surface area contributed by atoms with Crippen molar-refractivity contribution >= 4 is 5.91 Å². The molecule has 194 valence electrons. The summed E-state index contributed by atoms with van der Waals surface area (Å²) in [6.45, 7) is 7.60. The molecule has 0 radical (unpaired) electrons. The molecule has 2 heterocycles. The second kappa shape index (κ2) is 10.9. The van der Waals surface area contributed by atoms with Crippen molar-refractivity contribution in [1.29, 1.82) is 0 Å². The van der Waals surface area contributed by atoms with Crippen molar-refractivity contribution in [2.45, 2.75) is 52.1 Å². The molecule has 1 atom stereocenters. The van der Waals surface area contributed by atoms with Gasteiger partial charge in [0, 0.05) is 56.2 Å². The van der Waals surface area contributed by atoms with Crippen LogP contribution in [0.5, 0.6) is 5.75 Å². The zero-order chi connectivity index (χ0) is 25.9. The van der Waals surface area contributed by atoms with Crippen LogP contribution in [0, 0.1) is 6.92 Å². The SMILES string of the molecule is CCc1c(C(=O)N2CCN([C@@H]3CCc4ccccc4C3)CC2)c(=O)cc(C)n1Cc1ccc(OC)cc1. The topological polar surface area (TPSA) is 54.8 Å². The Kier molecular flexibility index (Phi) is 7.47. The predicted molar refractivity (Wildman–Crippen MR) is 147 cm³/mol. The van der Waals surface area contributed by atoms with Crippen LogP contribution in [0.1, 0.15) is 51.8 Å². The Balaban J connectivity index is 1.31. The molecule has 5 rings (SSSR count). The van der Waals surface area contributed by atoms with E-state index in [-0.39, 0.29) is 11.3 Å². The van der Waals surface area contributed by atoms with Crippen LogP contribution in [0.25, 0.3) is 0 Å². The highest BCUT2D eigenvalue weighted by Gasteiger charge is 2.31. The van der Waals surface area contributed by atoms with E-state index in [1.165, 1.54) is 17.5 Å². The maximum atomic E-state index is 13.7. The Morgan fingerprint density at radius 3 is 2.38 bits per heavy atom. The third-order valence-electron chi connectivity index (χ3n) is 8.11. The van der Waals surface area contributed by atoms with Gasteiger partial charge in [-0.1, -0.05) is 43.3 Å². The third-order valence-corrected chi connectivity index (χ3v) is 8.11. The molecule has 0 unspecified atom stereocenters. The Hall–Kier alpha value is -3.38. The molecule has 0 bridgehead atoms. The average Bonchev–Trinajstić information content (AvgIpc) is 2.94. The first kappa shape index (κ1) is 25.3. The first-order valence-electron chi connectivity index (χ1n) is 13.4. The first-order valence-corrected chi connectivity index (χ1v) is 13.4. The molecule has 37 heavy (non-hydrogen) atoms. The van der Waals surface area contributed by atoms with E-state index in [0.717, 1.165) is 48.6 Å². The summed E-state index contributed by atoms with van der Waals surface area (Å²) in [5.41, 5.74) is 5.89. The van der Waals surface area contributed by atoms with Gasteiger partial charge in [0.25, 0.3) is 5.91 Å². The maximum absolute atomic E-state index is 13.7. The van der Waals surface area contributed by atoms with Crippen molar-refractivity contribution < 1.29 is 9.53 Å². The minimum Gasteiger partial charge on any atom is -0.497 e. The quantitative estimate of drug-likeness (QED) is 0.513. The van der Waals surface area contributed by atoms with Crippen molar-refractivity contribution in [3.8, 4) is 5.75 Å². The van der Waals surface area contributed by atoms with Gasteiger partial charge in [0.05, 0.1) is 7.11 Å². The number of aromatic nitrogens is 1. The summed E-state index contributed by atoms with van der Waals surface area (Å²) in [5, 5.41) is 0. The van der Waals surface area contributed by atoms with E-state index < -0.39 is 0 Å². The largest absolute Gasteiger partial charge is 0.497 e. The van der Waals surface area contributed by atoms with Crippen LogP contribution < -0.4 is 10.2 Å². The zero-order valence-corrected chi connectivity index (χ0v) is 22.2. The van der Waals surface area contributed by atoms with Crippen molar-refractivity contribution in [3.05, 3.63) is 98.5 Å². The molecule has 6 nitrogen and oxygen atoms in total. The molecule has 0 saturated carbocycles. The van der Waals surface area contributed by atoms with Gasteiger partial charge in [-0.25, -0.2) is 0 Å². The monoisotopic (exact) mass is 499 g/mol. The third kappa shape index (κ3) is 5.21. The van der Waals surface area contributed by atoms with Gasteiger partial charge >= 0.3 is 0 Å². The number of aryl methyl sites for hydroxylation is 2. The van der Waals surface area contributed by atoms with Gasteiger partial charge in [-0.3, -0.25) is 14.5 Å². The number of carbonyl (C=O) groups excluding carboxylic acids is 1.